The fraction of sp³-hybridized carbons (Fsp3) is 0.667. The average Bonchev–Trinajstić information content (AvgIpc) is 2.92. The zero-order valence-electron chi connectivity index (χ0n) is 11.3. The maximum absolute atomic E-state index is 3.10. The summed E-state index contributed by atoms with van der Waals surface area (Å²) in [6, 6.07) is 0. The van der Waals surface area contributed by atoms with Crippen molar-refractivity contribution in [2.24, 2.45) is 0 Å². The van der Waals surface area contributed by atoms with Gasteiger partial charge in [0.1, 0.15) is 0 Å². The van der Waals surface area contributed by atoms with Gasteiger partial charge in [-0.2, -0.15) is 0 Å². The molecule has 0 bridgehead atoms. The molecule has 0 aromatic carbocycles. The van der Waals surface area contributed by atoms with Gasteiger partial charge in [-0.25, -0.2) is 0 Å². The fourth-order valence-electron chi connectivity index (χ4n) is 1.64. The van der Waals surface area contributed by atoms with Crippen LogP contribution in [0, 0.1) is 0 Å². The largest absolute Gasteiger partial charge is 0.373 e. The molecule has 2 heterocycles. The van der Waals surface area contributed by atoms with Crippen LogP contribution >= 0.6 is 24.8 Å². The molecular formula is C12H26Cl2N4. The smallest absolute Gasteiger partial charge is 0.0867 e. The lowest BCUT2D eigenvalue weighted by Crippen LogP contribution is -2.20. The minimum Gasteiger partial charge on any atom is -0.373 e. The predicted octanol–water partition coefficient (Wildman–Crippen LogP) is 2.30. The van der Waals surface area contributed by atoms with Gasteiger partial charge < -0.3 is 20.4 Å². The summed E-state index contributed by atoms with van der Waals surface area (Å²) in [4.78, 5) is 4.50. The monoisotopic (exact) mass is 296 g/mol. The van der Waals surface area contributed by atoms with Gasteiger partial charge in [-0.05, 0) is 12.8 Å². The van der Waals surface area contributed by atoms with E-state index in [1.807, 2.05) is 12.4 Å². The Kier molecular flexibility index (Phi) is 13.8. The van der Waals surface area contributed by atoms with E-state index in [1.165, 1.54) is 25.9 Å². The van der Waals surface area contributed by atoms with E-state index in [4.69, 9.17) is 0 Å². The molecule has 2 aliphatic rings. The molecule has 2 rings (SSSR count). The first-order chi connectivity index (χ1) is 7.86. The Morgan fingerprint density at radius 2 is 1.22 bits per heavy atom. The molecule has 0 radical (unpaired) electrons. The van der Waals surface area contributed by atoms with Crippen molar-refractivity contribution >= 4 is 24.8 Å². The highest BCUT2D eigenvalue weighted by Gasteiger charge is 1.99. The van der Waals surface area contributed by atoms with Gasteiger partial charge in [0.15, 0.2) is 0 Å². The van der Waals surface area contributed by atoms with E-state index in [9.17, 15) is 0 Å². The number of nitrogens with zero attached hydrogens (tertiary/aromatic N) is 2. The van der Waals surface area contributed by atoms with Crippen molar-refractivity contribution in [1.29, 1.82) is 0 Å². The molecule has 0 unspecified atom stereocenters. The van der Waals surface area contributed by atoms with Gasteiger partial charge in [0, 0.05) is 37.9 Å². The van der Waals surface area contributed by atoms with E-state index in [1.54, 1.807) is 0 Å². The normalized spacial score (nSPS) is 15.0. The number of halogens is 2. The van der Waals surface area contributed by atoms with Crippen LogP contribution in [0.2, 0.25) is 0 Å². The van der Waals surface area contributed by atoms with Crippen LogP contribution in [0.5, 0.6) is 0 Å². The third kappa shape index (κ3) is 8.37. The Morgan fingerprint density at radius 1 is 0.833 bits per heavy atom. The quantitative estimate of drug-likeness (QED) is 0.833. The van der Waals surface area contributed by atoms with Gasteiger partial charge in [0.2, 0.25) is 0 Å². The molecule has 0 amide bonds. The number of nitrogens with one attached hydrogen (secondary N) is 2. The molecule has 18 heavy (non-hydrogen) atoms. The second-order valence-corrected chi connectivity index (χ2v) is 3.98. The second kappa shape index (κ2) is 12.7. The van der Waals surface area contributed by atoms with E-state index in [0.717, 1.165) is 13.3 Å². The lowest BCUT2D eigenvalue weighted by atomic mass is 10.4. The van der Waals surface area contributed by atoms with Crippen LogP contribution < -0.4 is 10.6 Å². The lowest BCUT2D eigenvalue weighted by molar-refractivity contribution is 0.391. The topological polar surface area (TPSA) is 30.5 Å². The summed E-state index contributed by atoms with van der Waals surface area (Å²) in [6.45, 7) is 8.70. The van der Waals surface area contributed by atoms with Crippen LogP contribution in [0.25, 0.3) is 0 Å². The molecule has 0 aliphatic carbocycles. The molecule has 2 N–H and O–H groups in total. The Balaban J connectivity index is 0. The Bertz CT molecular complexity index is 210. The van der Waals surface area contributed by atoms with E-state index in [0.29, 0.717) is 0 Å². The highest BCUT2D eigenvalue weighted by atomic mass is 35.5. The molecule has 0 aromatic rings. The van der Waals surface area contributed by atoms with E-state index < -0.39 is 0 Å². The van der Waals surface area contributed by atoms with Crippen LogP contribution in [-0.2, 0) is 0 Å². The highest BCUT2D eigenvalue weighted by molar-refractivity contribution is 5.85. The first kappa shape index (κ1) is 19.6. The van der Waals surface area contributed by atoms with E-state index >= 15 is 0 Å². The second-order valence-electron chi connectivity index (χ2n) is 3.98. The summed E-state index contributed by atoms with van der Waals surface area (Å²) < 4.78 is 0. The van der Waals surface area contributed by atoms with Crippen LogP contribution in [-0.4, -0.2) is 36.2 Å². The van der Waals surface area contributed by atoms with Crippen molar-refractivity contribution in [2.45, 2.75) is 26.7 Å². The van der Waals surface area contributed by atoms with Gasteiger partial charge >= 0.3 is 0 Å². The van der Waals surface area contributed by atoms with Crippen LogP contribution in [0.4, 0.5) is 0 Å². The molecule has 4 nitrogen and oxygen atoms in total. The number of hydrogen-bond donors (Lipinski definition) is 2. The van der Waals surface area contributed by atoms with Gasteiger partial charge in [-0.1, -0.05) is 13.8 Å². The Labute approximate surface area is 123 Å². The Morgan fingerprint density at radius 3 is 1.44 bits per heavy atom. The summed E-state index contributed by atoms with van der Waals surface area (Å²) in [5.74, 6) is 0. The number of hydrogen-bond acceptors (Lipinski definition) is 4. The van der Waals surface area contributed by atoms with Crippen molar-refractivity contribution in [2.75, 3.05) is 26.4 Å². The highest BCUT2D eigenvalue weighted by Crippen LogP contribution is 1.94. The molecule has 0 saturated heterocycles. The molecule has 108 valence electrons. The van der Waals surface area contributed by atoms with E-state index in [-0.39, 0.29) is 24.8 Å². The summed E-state index contributed by atoms with van der Waals surface area (Å²) in [7, 11) is 0. The standard InChI is InChI=1S/2C6H12N2.2ClH/c2*1-2-4-8-5-3-7-6-8;;/h2*3,5,7H,2,4,6H2,1H3;2*1H. The van der Waals surface area contributed by atoms with Crippen molar-refractivity contribution in [3.8, 4) is 0 Å². The predicted molar refractivity (Wildman–Crippen MR) is 82.8 cm³/mol. The zero-order chi connectivity index (χ0) is 11.6. The molecular weight excluding hydrogens is 271 g/mol. The molecule has 0 atom stereocenters. The summed E-state index contributed by atoms with van der Waals surface area (Å²) in [6.07, 6.45) is 10.6. The number of rotatable bonds is 4. The molecule has 6 heteroatoms. The van der Waals surface area contributed by atoms with E-state index in [2.05, 4.69) is 46.7 Å². The van der Waals surface area contributed by atoms with Crippen LogP contribution in [0.15, 0.2) is 24.8 Å². The SMILES string of the molecule is CCCN1C=CNC1.CCCN1C=CNC1.Cl.Cl. The van der Waals surface area contributed by atoms with Crippen molar-refractivity contribution in [3.63, 3.8) is 0 Å². The third-order valence-corrected chi connectivity index (χ3v) is 2.42. The average molecular weight is 297 g/mol. The molecule has 0 spiro atoms. The van der Waals surface area contributed by atoms with Crippen LogP contribution in [0.3, 0.4) is 0 Å². The van der Waals surface area contributed by atoms with Gasteiger partial charge in [0.25, 0.3) is 0 Å². The van der Waals surface area contributed by atoms with Gasteiger partial charge in [0.05, 0.1) is 13.3 Å². The summed E-state index contributed by atoms with van der Waals surface area (Å²) in [5, 5.41) is 6.20. The van der Waals surface area contributed by atoms with Crippen molar-refractivity contribution in [1.82, 2.24) is 20.4 Å². The molecule has 0 saturated carbocycles. The summed E-state index contributed by atoms with van der Waals surface area (Å²) in [5.41, 5.74) is 0. The van der Waals surface area contributed by atoms with Crippen molar-refractivity contribution < 1.29 is 0 Å². The summed E-state index contributed by atoms with van der Waals surface area (Å²) >= 11 is 0. The Hall–Kier alpha value is -0.740. The van der Waals surface area contributed by atoms with Gasteiger partial charge in [-0.3, -0.25) is 0 Å². The fourth-order valence-corrected chi connectivity index (χ4v) is 1.64. The minimum atomic E-state index is 0. The van der Waals surface area contributed by atoms with Crippen LogP contribution in [0.1, 0.15) is 26.7 Å². The maximum Gasteiger partial charge on any atom is 0.0867 e. The first-order valence-corrected chi connectivity index (χ1v) is 6.15. The lowest BCUT2D eigenvalue weighted by Gasteiger charge is -2.11. The maximum atomic E-state index is 3.10. The minimum absolute atomic E-state index is 0. The molecule has 0 fully saturated rings. The molecule has 0 aromatic heterocycles. The van der Waals surface area contributed by atoms with Crippen molar-refractivity contribution in [3.05, 3.63) is 24.8 Å². The van der Waals surface area contributed by atoms with Gasteiger partial charge in [-0.15, -0.1) is 24.8 Å². The zero-order valence-corrected chi connectivity index (χ0v) is 12.9. The first-order valence-electron chi connectivity index (χ1n) is 6.15. The third-order valence-electron chi connectivity index (χ3n) is 2.42. The molecule has 2 aliphatic heterocycles.